The molecule has 0 spiro atoms. The quantitative estimate of drug-likeness (QED) is 0.840. The van der Waals surface area contributed by atoms with Crippen LogP contribution in [0, 0.1) is 17.8 Å². The van der Waals surface area contributed by atoms with Crippen LogP contribution >= 0.6 is 0 Å². The standard InChI is InChI=1S/C22H29NO2/c1-3-22-21(16-24)17(2)23(25-22)15-20-13-11-19(12-14-20)10-9-18-7-5-4-6-8-18/h7,11-14,17,21-22,24H,3-6,8,15-16H2,1-2H3. The molecule has 0 aromatic heterocycles. The van der Waals surface area contributed by atoms with Gasteiger partial charge in [0.05, 0.1) is 12.7 Å². The van der Waals surface area contributed by atoms with Crippen LogP contribution in [0.3, 0.4) is 0 Å². The highest BCUT2D eigenvalue weighted by molar-refractivity contribution is 5.42. The Morgan fingerprint density at radius 1 is 1.20 bits per heavy atom. The van der Waals surface area contributed by atoms with Crippen LogP contribution in [-0.2, 0) is 11.4 Å². The van der Waals surface area contributed by atoms with Crippen molar-refractivity contribution in [1.82, 2.24) is 5.06 Å². The first-order valence-electron chi connectivity index (χ1n) is 9.55. The SMILES string of the molecule is CCC1ON(Cc2ccc(C#CC3=CCCCC3)cc2)C(C)C1CO. The number of aliphatic hydroxyl groups is 1. The van der Waals surface area contributed by atoms with Crippen molar-refractivity contribution in [2.75, 3.05) is 6.61 Å². The minimum Gasteiger partial charge on any atom is -0.396 e. The van der Waals surface area contributed by atoms with Gasteiger partial charge < -0.3 is 5.11 Å². The molecule has 3 atom stereocenters. The number of hydrogen-bond acceptors (Lipinski definition) is 3. The summed E-state index contributed by atoms with van der Waals surface area (Å²) in [6, 6.07) is 8.67. The number of allylic oxidation sites excluding steroid dienone is 2. The van der Waals surface area contributed by atoms with Gasteiger partial charge in [-0.25, -0.2) is 0 Å². The molecule has 1 heterocycles. The van der Waals surface area contributed by atoms with Crippen molar-refractivity contribution < 1.29 is 9.94 Å². The van der Waals surface area contributed by atoms with Crippen molar-refractivity contribution in [2.45, 2.75) is 64.6 Å². The smallest absolute Gasteiger partial charge is 0.0856 e. The van der Waals surface area contributed by atoms with Gasteiger partial charge in [0.25, 0.3) is 0 Å². The third-order valence-electron chi connectivity index (χ3n) is 5.39. The number of hydrogen-bond donors (Lipinski definition) is 1. The summed E-state index contributed by atoms with van der Waals surface area (Å²) in [5.74, 6) is 6.79. The van der Waals surface area contributed by atoms with Crippen LogP contribution < -0.4 is 0 Å². The van der Waals surface area contributed by atoms with Gasteiger partial charge in [0, 0.05) is 24.1 Å². The van der Waals surface area contributed by atoms with Crippen LogP contribution in [0.1, 0.15) is 57.1 Å². The van der Waals surface area contributed by atoms with Gasteiger partial charge in [-0.3, -0.25) is 4.84 Å². The lowest BCUT2D eigenvalue weighted by molar-refractivity contribution is -0.168. The highest BCUT2D eigenvalue weighted by atomic mass is 16.7. The second kappa shape index (κ2) is 8.67. The maximum atomic E-state index is 9.60. The van der Waals surface area contributed by atoms with E-state index in [1.54, 1.807) is 0 Å². The fraction of sp³-hybridized carbons (Fsp3) is 0.545. The maximum Gasteiger partial charge on any atom is 0.0856 e. The van der Waals surface area contributed by atoms with Crippen LogP contribution in [0.5, 0.6) is 0 Å². The zero-order valence-corrected chi connectivity index (χ0v) is 15.4. The van der Waals surface area contributed by atoms with Crippen LogP contribution in [0.25, 0.3) is 0 Å². The number of benzene rings is 1. The first kappa shape index (κ1) is 18.2. The fourth-order valence-corrected chi connectivity index (χ4v) is 3.68. The van der Waals surface area contributed by atoms with Gasteiger partial charge in [0.1, 0.15) is 0 Å². The molecular formula is C22H29NO2. The molecule has 134 valence electrons. The third kappa shape index (κ3) is 4.52. The summed E-state index contributed by atoms with van der Waals surface area (Å²) in [6.07, 6.45) is 8.18. The minimum atomic E-state index is 0.119. The summed E-state index contributed by atoms with van der Waals surface area (Å²) in [6.45, 7) is 5.17. The Kier molecular flexibility index (Phi) is 6.31. The van der Waals surface area contributed by atoms with Gasteiger partial charge in [0.15, 0.2) is 0 Å². The summed E-state index contributed by atoms with van der Waals surface area (Å²) in [4.78, 5) is 6.03. The van der Waals surface area contributed by atoms with Gasteiger partial charge in [-0.05, 0) is 62.3 Å². The zero-order valence-electron chi connectivity index (χ0n) is 15.4. The summed E-state index contributed by atoms with van der Waals surface area (Å²) in [5.41, 5.74) is 3.56. The monoisotopic (exact) mass is 339 g/mol. The molecule has 3 rings (SSSR count). The van der Waals surface area contributed by atoms with E-state index in [1.807, 2.05) is 5.06 Å². The lowest BCUT2D eigenvalue weighted by Crippen LogP contribution is -2.30. The van der Waals surface area contributed by atoms with Crippen LogP contribution in [0.2, 0.25) is 0 Å². The molecule has 0 radical (unpaired) electrons. The Morgan fingerprint density at radius 2 is 2.00 bits per heavy atom. The largest absolute Gasteiger partial charge is 0.396 e. The maximum absolute atomic E-state index is 9.60. The molecule has 1 N–H and O–H groups in total. The number of nitrogens with zero attached hydrogens (tertiary/aromatic N) is 1. The van der Waals surface area contributed by atoms with E-state index in [0.29, 0.717) is 0 Å². The number of aliphatic hydroxyl groups excluding tert-OH is 1. The minimum absolute atomic E-state index is 0.119. The van der Waals surface area contributed by atoms with E-state index in [4.69, 9.17) is 4.84 Å². The first-order chi connectivity index (χ1) is 12.2. The van der Waals surface area contributed by atoms with E-state index in [0.717, 1.165) is 24.9 Å². The van der Waals surface area contributed by atoms with E-state index < -0.39 is 0 Å². The van der Waals surface area contributed by atoms with Gasteiger partial charge in [-0.1, -0.05) is 37.0 Å². The van der Waals surface area contributed by atoms with Crippen molar-refractivity contribution >= 4 is 0 Å². The van der Waals surface area contributed by atoms with Crippen molar-refractivity contribution in [1.29, 1.82) is 0 Å². The van der Waals surface area contributed by atoms with Gasteiger partial charge in [0.2, 0.25) is 0 Å². The molecular weight excluding hydrogens is 310 g/mol. The molecule has 0 amide bonds. The molecule has 1 fully saturated rings. The zero-order chi connectivity index (χ0) is 17.6. The molecule has 3 nitrogen and oxygen atoms in total. The molecule has 3 heteroatoms. The van der Waals surface area contributed by atoms with Crippen molar-refractivity contribution in [3.05, 3.63) is 47.0 Å². The molecule has 1 aromatic carbocycles. The first-order valence-corrected chi connectivity index (χ1v) is 9.55. The molecule has 25 heavy (non-hydrogen) atoms. The van der Waals surface area contributed by atoms with Crippen LogP contribution in [0.4, 0.5) is 0 Å². The molecule has 1 aliphatic carbocycles. The van der Waals surface area contributed by atoms with E-state index in [-0.39, 0.29) is 24.7 Å². The van der Waals surface area contributed by atoms with Gasteiger partial charge in [-0.15, -0.1) is 0 Å². The highest BCUT2D eigenvalue weighted by Crippen LogP contribution is 2.30. The lowest BCUT2D eigenvalue weighted by Gasteiger charge is -2.21. The van der Waals surface area contributed by atoms with Crippen LogP contribution in [-0.4, -0.2) is 28.9 Å². The van der Waals surface area contributed by atoms with Crippen molar-refractivity contribution in [3.8, 4) is 11.8 Å². The van der Waals surface area contributed by atoms with Gasteiger partial charge >= 0.3 is 0 Å². The topological polar surface area (TPSA) is 32.7 Å². The molecule has 0 bridgehead atoms. The Hall–Kier alpha value is -1.60. The van der Waals surface area contributed by atoms with E-state index >= 15 is 0 Å². The van der Waals surface area contributed by atoms with Crippen LogP contribution in [0.15, 0.2) is 35.9 Å². The summed E-state index contributed by atoms with van der Waals surface area (Å²) >= 11 is 0. The molecule has 1 aliphatic heterocycles. The Morgan fingerprint density at radius 3 is 2.60 bits per heavy atom. The second-order valence-corrected chi connectivity index (χ2v) is 7.14. The Balaban J connectivity index is 1.61. The summed E-state index contributed by atoms with van der Waals surface area (Å²) < 4.78 is 0. The molecule has 0 saturated carbocycles. The predicted octanol–water partition coefficient (Wildman–Crippen LogP) is 4.06. The highest BCUT2D eigenvalue weighted by Gasteiger charge is 2.39. The van der Waals surface area contributed by atoms with E-state index in [2.05, 4.69) is 56.0 Å². The molecule has 2 aliphatic rings. The molecule has 1 aromatic rings. The average Bonchev–Trinajstić information content (AvgIpc) is 2.97. The number of hydroxylamine groups is 2. The van der Waals surface area contributed by atoms with Crippen molar-refractivity contribution in [2.24, 2.45) is 5.92 Å². The third-order valence-corrected chi connectivity index (χ3v) is 5.39. The summed E-state index contributed by atoms with van der Waals surface area (Å²) in [7, 11) is 0. The Labute approximate surface area is 151 Å². The van der Waals surface area contributed by atoms with E-state index in [1.165, 1.54) is 30.4 Å². The van der Waals surface area contributed by atoms with Gasteiger partial charge in [-0.2, -0.15) is 5.06 Å². The lowest BCUT2D eigenvalue weighted by atomic mass is 9.95. The Bertz CT molecular complexity index is 653. The number of rotatable bonds is 4. The van der Waals surface area contributed by atoms with E-state index in [9.17, 15) is 5.11 Å². The normalized spacial score (nSPS) is 26.8. The summed E-state index contributed by atoms with van der Waals surface area (Å²) in [5, 5.41) is 11.6. The fourth-order valence-electron chi connectivity index (χ4n) is 3.68. The average molecular weight is 339 g/mol. The predicted molar refractivity (Wildman–Crippen MR) is 101 cm³/mol. The second-order valence-electron chi connectivity index (χ2n) is 7.14. The molecule has 1 saturated heterocycles. The molecule has 3 unspecified atom stereocenters. The van der Waals surface area contributed by atoms with Crippen molar-refractivity contribution in [3.63, 3.8) is 0 Å².